The summed E-state index contributed by atoms with van der Waals surface area (Å²) in [4.78, 5) is 43.1. The molecule has 14 heteroatoms. The molecule has 4 aromatic heterocycles. The summed E-state index contributed by atoms with van der Waals surface area (Å²) < 4.78 is 33.3. The SMILES string of the molecule is Cc1cccc2nc(C(C)Nc3ncnc4[nH]cnc34)c(-c3ccc(C#N)cc3)c(=O)n12.O=C(O)C(F)(F)F. The molecule has 198 valence electrons. The van der Waals surface area contributed by atoms with Crippen LogP contribution in [0.5, 0.6) is 0 Å². The molecule has 0 aliphatic heterocycles. The number of aromatic nitrogens is 6. The van der Waals surface area contributed by atoms with Gasteiger partial charge in [0.25, 0.3) is 5.56 Å². The van der Waals surface area contributed by atoms with Crippen LogP contribution in [-0.2, 0) is 4.79 Å². The van der Waals surface area contributed by atoms with Gasteiger partial charge >= 0.3 is 12.1 Å². The van der Waals surface area contributed by atoms with Crippen molar-refractivity contribution in [1.82, 2.24) is 29.3 Å². The Hall–Kier alpha value is -5.32. The number of H-pyrrole nitrogens is 1. The van der Waals surface area contributed by atoms with Crippen molar-refractivity contribution in [3.63, 3.8) is 0 Å². The van der Waals surface area contributed by atoms with E-state index in [4.69, 9.17) is 20.1 Å². The lowest BCUT2D eigenvalue weighted by molar-refractivity contribution is -0.192. The molecule has 5 rings (SSSR count). The second-order valence-corrected chi connectivity index (χ2v) is 8.22. The number of nitriles is 1. The van der Waals surface area contributed by atoms with Gasteiger partial charge in [0.15, 0.2) is 11.5 Å². The molecule has 1 unspecified atom stereocenters. The van der Waals surface area contributed by atoms with Gasteiger partial charge in [-0.2, -0.15) is 18.4 Å². The van der Waals surface area contributed by atoms with E-state index >= 15 is 0 Å². The third-order valence-electron chi connectivity index (χ3n) is 5.60. The lowest BCUT2D eigenvalue weighted by atomic mass is 10.00. The maximum absolute atomic E-state index is 13.6. The molecule has 39 heavy (non-hydrogen) atoms. The van der Waals surface area contributed by atoms with E-state index < -0.39 is 12.1 Å². The maximum atomic E-state index is 13.6. The number of nitrogens with one attached hydrogen (secondary N) is 2. The minimum Gasteiger partial charge on any atom is -0.475 e. The minimum atomic E-state index is -5.08. The molecular formula is C25H19F3N8O3. The van der Waals surface area contributed by atoms with Crippen molar-refractivity contribution in [3.05, 3.63) is 82.4 Å². The second-order valence-electron chi connectivity index (χ2n) is 8.22. The monoisotopic (exact) mass is 536 g/mol. The number of hydrogen-bond donors (Lipinski definition) is 3. The molecule has 3 N–H and O–H groups in total. The third kappa shape index (κ3) is 5.52. The Morgan fingerprint density at radius 2 is 1.85 bits per heavy atom. The highest BCUT2D eigenvalue weighted by atomic mass is 19.4. The Morgan fingerprint density at radius 3 is 2.49 bits per heavy atom. The van der Waals surface area contributed by atoms with Crippen LogP contribution in [0.1, 0.15) is 29.9 Å². The number of fused-ring (bicyclic) bond motifs is 2. The van der Waals surface area contributed by atoms with E-state index in [-0.39, 0.29) is 11.6 Å². The number of imidazole rings is 1. The highest BCUT2D eigenvalue weighted by molar-refractivity contribution is 5.82. The van der Waals surface area contributed by atoms with Crippen LogP contribution in [0.3, 0.4) is 0 Å². The van der Waals surface area contributed by atoms with Crippen LogP contribution < -0.4 is 10.9 Å². The number of carboxylic acid groups (broad SMARTS) is 1. The molecular weight excluding hydrogens is 517 g/mol. The van der Waals surface area contributed by atoms with Crippen molar-refractivity contribution < 1.29 is 23.1 Å². The number of aromatic amines is 1. The van der Waals surface area contributed by atoms with Gasteiger partial charge in [0.1, 0.15) is 17.5 Å². The first kappa shape index (κ1) is 26.7. The average molecular weight is 536 g/mol. The molecule has 11 nitrogen and oxygen atoms in total. The molecule has 0 amide bonds. The summed E-state index contributed by atoms with van der Waals surface area (Å²) >= 11 is 0. The summed E-state index contributed by atoms with van der Waals surface area (Å²) in [6.07, 6.45) is -2.08. The first-order valence-corrected chi connectivity index (χ1v) is 11.2. The zero-order valence-corrected chi connectivity index (χ0v) is 20.4. The zero-order valence-electron chi connectivity index (χ0n) is 20.4. The number of carbonyl (C=O) groups is 1. The summed E-state index contributed by atoms with van der Waals surface area (Å²) in [5.41, 5.74) is 4.65. The Labute approximate surface area is 217 Å². The van der Waals surface area contributed by atoms with E-state index in [9.17, 15) is 18.0 Å². The van der Waals surface area contributed by atoms with Crippen LogP contribution in [0.4, 0.5) is 19.0 Å². The van der Waals surface area contributed by atoms with Crippen molar-refractivity contribution in [3.8, 4) is 17.2 Å². The van der Waals surface area contributed by atoms with E-state index in [2.05, 4.69) is 31.3 Å². The topological polar surface area (TPSA) is 162 Å². The number of aliphatic carboxylic acids is 1. The van der Waals surface area contributed by atoms with Crippen LogP contribution in [0, 0.1) is 18.3 Å². The number of pyridine rings is 1. The quantitative estimate of drug-likeness (QED) is 0.308. The number of benzene rings is 1. The van der Waals surface area contributed by atoms with Gasteiger partial charge in [-0.1, -0.05) is 18.2 Å². The van der Waals surface area contributed by atoms with Crippen LogP contribution in [0.25, 0.3) is 27.9 Å². The average Bonchev–Trinajstić information content (AvgIpc) is 3.38. The van der Waals surface area contributed by atoms with E-state index in [0.717, 1.165) is 5.69 Å². The Morgan fingerprint density at radius 1 is 1.15 bits per heavy atom. The number of nitrogens with zero attached hydrogens (tertiary/aromatic N) is 6. The lowest BCUT2D eigenvalue weighted by Gasteiger charge is -2.19. The fraction of sp³-hybridized carbons (Fsp3) is 0.160. The van der Waals surface area contributed by atoms with Gasteiger partial charge in [0.2, 0.25) is 0 Å². The standard InChI is InChI=1S/C23H18N8O.C2HF3O2/c1-13-4-3-5-17-30-19(14(2)29-22-20-21(26-11-25-20)27-12-28-22)18(23(32)31(13)17)16-8-6-15(10-24)7-9-16;3-2(4,5)1(6)7/h3-9,11-12,14H,1-2H3,(H2,25,26,27,28,29);(H,6,7). The maximum Gasteiger partial charge on any atom is 0.490 e. The molecule has 1 atom stereocenters. The van der Waals surface area contributed by atoms with Crippen LogP contribution >= 0.6 is 0 Å². The molecule has 1 aromatic carbocycles. The molecule has 0 saturated heterocycles. The second kappa shape index (κ2) is 10.6. The van der Waals surface area contributed by atoms with Crippen molar-refractivity contribution in [2.45, 2.75) is 26.1 Å². The first-order valence-electron chi connectivity index (χ1n) is 11.2. The van der Waals surface area contributed by atoms with Gasteiger partial charge in [-0.05, 0) is 43.7 Å². The number of rotatable bonds is 4. The normalized spacial score (nSPS) is 11.9. The summed E-state index contributed by atoms with van der Waals surface area (Å²) in [5.74, 6) is -2.21. The van der Waals surface area contributed by atoms with Gasteiger partial charge in [-0.25, -0.2) is 24.7 Å². The molecule has 0 saturated carbocycles. The highest BCUT2D eigenvalue weighted by Gasteiger charge is 2.38. The number of carboxylic acids is 1. The van der Waals surface area contributed by atoms with Gasteiger partial charge in [0, 0.05) is 5.69 Å². The Balaban J connectivity index is 0.000000448. The molecule has 0 spiro atoms. The fourth-order valence-corrected chi connectivity index (χ4v) is 3.80. The first-order chi connectivity index (χ1) is 18.5. The summed E-state index contributed by atoms with van der Waals surface area (Å²) in [7, 11) is 0. The van der Waals surface area contributed by atoms with Gasteiger partial charge in [-0.15, -0.1) is 0 Å². The molecule has 4 heterocycles. The van der Waals surface area contributed by atoms with Gasteiger partial charge in [0.05, 0.1) is 35.3 Å². The van der Waals surface area contributed by atoms with Crippen molar-refractivity contribution in [1.29, 1.82) is 5.26 Å². The van der Waals surface area contributed by atoms with Crippen molar-refractivity contribution >= 4 is 28.6 Å². The summed E-state index contributed by atoms with van der Waals surface area (Å²) in [6, 6.07) is 14.2. The van der Waals surface area contributed by atoms with Gasteiger partial charge < -0.3 is 15.4 Å². The Bertz CT molecular complexity index is 1770. The molecule has 0 bridgehead atoms. The number of halogens is 3. The largest absolute Gasteiger partial charge is 0.490 e. The molecule has 0 radical (unpaired) electrons. The van der Waals surface area contributed by atoms with Crippen molar-refractivity contribution in [2.24, 2.45) is 0 Å². The van der Waals surface area contributed by atoms with Crippen LogP contribution in [0.15, 0.2) is 59.9 Å². The number of alkyl halides is 3. The third-order valence-corrected chi connectivity index (χ3v) is 5.60. The van der Waals surface area contributed by atoms with E-state index in [1.165, 1.54) is 6.33 Å². The number of anilines is 1. The van der Waals surface area contributed by atoms with Crippen LogP contribution in [-0.4, -0.2) is 46.6 Å². The zero-order chi connectivity index (χ0) is 28.3. The lowest BCUT2D eigenvalue weighted by Crippen LogP contribution is -2.24. The fourth-order valence-electron chi connectivity index (χ4n) is 3.80. The highest BCUT2D eigenvalue weighted by Crippen LogP contribution is 2.28. The molecule has 0 fully saturated rings. The van der Waals surface area contributed by atoms with Crippen molar-refractivity contribution in [2.75, 3.05) is 5.32 Å². The number of hydrogen-bond acceptors (Lipinski definition) is 8. The summed E-state index contributed by atoms with van der Waals surface area (Å²) in [6.45, 7) is 3.79. The number of aryl methyl sites for hydroxylation is 1. The smallest absolute Gasteiger partial charge is 0.475 e. The van der Waals surface area contributed by atoms with E-state index in [0.29, 0.717) is 45.0 Å². The summed E-state index contributed by atoms with van der Waals surface area (Å²) in [5, 5.41) is 19.6. The molecule has 0 aliphatic carbocycles. The van der Waals surface area contributed by atoms with E-state index in [1.807, 2.05) is 32.0 Å². The molecule has 0 aliphatic rings. The van der Waals surface area contributed by atoms with Gasteiger partial charge in [-0.3, -0.25) is 9.20 Å². The Kier molecular flexibility index (Phi) is 7.25. The van der Waals surface area contributed by atoms with E-state index in [1.54, 1.807) is 35.0 Å². The predicted octanol–water partition coefficient (Wildman–Crippen LogP) is 4.01. The predicted molar refractivity (Wildman–Crippen MR) is 134 cm³/mol. The molecule has 5 aromatic rings. The minimum absolute atomic E-state index is 0.172. The van der Waals surface area contributed by atoms with Crippen LogP contribution in [0.2, 0.25) is 0 Å².